The van der Waals surface area contributed by atoms with E-state index in [1.54, 1.807) is 35.1 Å². The average molecular weight is 297 g/mol. The minimum Gasteiger partial charge on any atom is -0.467 e. The molecule has 0 aliphatic heterocycles. The summed E-state index contributed by atoms with van der Waals surface area (Å²) in [5.74, 6) is 0.173. The molecule has 0 aliphatic carbocycles. The molecule has 0 bridgehead atoms. The van der Waals surface area contributed by atoms with Crippen LogP contribution in [0.1, 0.15) is 22.2 Å². The van der Waals surface area contributed by atoms with Gasteiger partial charge in [-0.25, -0.2) is 4.68 Å². The second-order valence-corrected chi connectivity index (χ2v) is 4.74. The molecule has 3 aromatic rings. The summed E-state index contributed by atoms with van der Waals surface area (Å²) in [7, 11) is 0. The van der Waals surface area contributed by atoms with E-state index in [1.165, 1.54) is 6.26 Å². The van der Waals surface area contributed by atoms with E-state index in [0.29, 0.717) is 11.3 Å². The molecule has 2 N–H and O–H groups in total. The van der Waals surface area contributed by atoms with Crippen molar-refractivity contribution < 1.29 is 14.3 Å². The maximum Gasteiger partial charge on any atom is 0.251 e. The smallest absolute Gasteiger partial charge is 0.251 e. The summed E-state index contributed by atoms with van der Waals surface area (Å²) in [5, 5.41) is 16.6. The van der Waals surface area contributed by atoms with Crippen LogP contribution in [0.3, 0.4) is 0 Å². The van der Waals surface area contributed by atoms with Gasteiger partial charge in [0, 0.05) is 18.0 Å². The fourth-order valence-corrected chi connectivity index (χ4v) is 2.06. The van der Waals surface area contributed by atoms with Crippen LogP contribution in [-0.4, -0.2) is 27.3 Å². The number of amides is 1. The molecule has 2 aromatic heterocycles. The number of nitrogens with zero attached hydrogens (tertiary/aromatic N) is 2. The molecule has 1 atom stereocenters. The zero-order valence-corrected chi connectivity index (χ0v) is 11.7. The lowest BCUT2D eigenvalue weighted by Crippen LogP contribution is -2.28. The summed E-state index contributed by atoms with van der Waals surface area (Å²) in [6.07, 6.45) is 4.14. The molecule has 6 nitrogen and oxygen atoms in total. The molecule has 22 heavy (non-hydrogen) atoms. The Bertz CT molecular complexity index is 719. The van der Waals surface area contributed by atoms with Gasteiger partial charge < -0.3 is 14.8 Å². The highest BCUT2D eigenvalue weighted by Crippen LogP contribution is 2.12. The number of aromatic nitrogens is 2. The Kier molecular flexibility index (Phi) is 4.02. The molecule has 1 amide bonds. The van der Waals surface area contributed by atoms with Crippen molar-refractivity contribution in [3.63, 3.8) is 0 Å². The molecule has 112 valence electrons. The van der Waals surface area contributed by atoms with Crippen molar-refractivity contribution in [1.29, 1.82) is 0 Å². The average Bonchev–Trinajstić information content (AvgIpc) is 3.25. The van der Waals surface area contributed by atoms with E-state index in [9.17, 15) is 9.90 Å². The van der Waals surface area contributed by atoms with Crippen LogP contribution < -0.4 is 5.32 Å². The van der Waals surface area contributed by atoms with Crippen LogP contribution in [0.25, 0.3) is 5.69 Å². The Morgan fingerprint density at radius 1 is 1.27 bits per heavy atom. The maximum absolute atomic E-state index is 12.0. The lowest BCUT2D eigenvalue weighted by Gasteiger charge is -2.10. The summed E-state index contributed by atoms with van der Waals surface area (Å²) in [5.41, 5.74) is 1.39. The molecule has 2 heterocycles. The van der Waals surface area contributed by atoms with Gasteiger partial charge in [-0.15, -0.1) is 0 Å². The maximum atomic E-state index is 12.0. The molecule has 1 aromatic carbocycles. The van der Waals surface area contributed by atoms with Gasteiger partial charge in [0.05, 0.1) is 18.5 Å². The van der Waals surface area contributed by atoms with Crippen LogP contribution >= 0.6 is 0 Å². The number of aliphatic hydroxyl groups excluding tert-OH is 1. The van der Waals surface area contributed by atoms with Crippen molar-refractivity contribution in [2.75, 3.05) is 6.54 Å². The third kappa shape index (κ3) is 3.07. The van der Waals surface area contributed by atoms with Gasteiger partial charge >= 0.3 is 0 Å². The molecule has 6 heteroatoms. The SMILES string of the molecule is O=C(NCC(O)c1ccco1)c1ccc(-n2cccn2)cc1. The van der Waals surface area contributed by atoms with Gasteiger partial charge in [0.25, 0.3) is 5.91 Å². The minimum absolute atomic E-state index is 0.0905. The predicted octanol–water partition coefficient (Wildman–Crippen LogP) is 1.93. The summed E-state index contributed by atoms with van der Waals surface area (Å²) < 4.78 is 6.79. The van der Waals surface area contributed by atoms with Crippen molar-refractivity contribution in [2.24, 2.45) is 0 Å². The third-order valence-electron chi connectivity index (χ3n) is 3.23. The van der Waals surface area contributed by atoms with Gasteiger partial charge in [-0.2, -0.15) is 5.10 Å². The topological polar surface area (TPSA) is 80.3 Å². The first kappa shape index (κ1) is 14.1. The number of rotatable bonds is 5. The quantitative estimate of drug-likeness (QED) is 0.754. The predicted molar refractivity (Wildman–Crippen MR) is 79.6 cm³/mol. The fraction of sp³-hybridized carbons (Fsp3) is 0.125. The van der Waals surface area contributed by atoms with Gasteiger partial charge in [-0.3, -0.25) is 4.79 Å². The Morgan fingerprint density at radius 2 is 2.09 bits per heavy atom. The number of nitrogens with one attached hydrogen (secondary N) is 1. The number of carbonyl (C=O) groups excluding carboxylic acids is 1. The zero-order chi connectivity index (χ0) is 15.4. The Morgan fingerprint density at radius 3 is 2.73 bits per heavy atom. The monoisotopic (exact) mass is 297 g/mol. The molecular weight excluding hydrogens is 282 g/mol. The van der Waals surface area contributed by atoms with E-state index in [0.717, 1.165) is 5.69 Å². The van der Waals surface area contributed by atoms with Crippen LogP contribution in [0.15, 0.2) is 65.5 Å². The Labute approximate surface area is 127 Å². The highest BCUT2D eigenvalue weighted by atomic mass is 16.4. The van der Waals surface area contributed by atoms with Crippen molar-refractivity contribution in [1.82, 2.24) is 15.1 Å². The number of aliphatic hydroxyl groups is 1. The summed E-state index contributed by atoms with van der Waals surface area (Å²) in [6.45, 7) is 0.0905. The van der Waals surface area contributed by atoms with Gasteiger partial charge in [0.15, 0.2) is 0 Å². The molecule has 1 unspecified atom stereocenters. The second-order valence-electron chi connectivity index (χ2n) is 4.74. The van der Waals surface area contributed by atoms with Gasteiger partial charge in [0.2, 0.25) is 0 Å². The summed E-state index contributed by atoms with van der Waals surface area (Å²) in [4.78, 5) is 12.0. The lowest BCUT2D eigenvalue weighted by molar-refractivity contribution is 0.0901. The van der Waals surface area contributed by atoms with Crippen LogP contribution in [0.2, 0.25) is 0 Å². The first-order chi connectivity index (χ1) is 10.7. The van der Waals surface area contributed by atoms with E-state index in [2.05, 4.69) is 10.4 Å². The van der Waals surface area contributed by atoms with Crippen molar-refractivity contribution in [3.05, 3.63) is 72.4 Å². The number of benzene rings is 1. The largest absolute Gasteiger partial charge is 0.467 e. The van der Waals surface area contributed by atoms with Gasteiger partial charge in [-0.1, -0.05) is 0 Å². The highest BCUT2D eigenvalue weighted by molar-refractivity contribution is 5.94. The molecule has 0 saturated carbocycles. The normalized spacial score (nSPS) is 12.0. The highest BCUT2D eigenvalue weighted by Gasteiger charge is 2.12. The second kappa shape index (κ2) is 6.28. The molecule has 0 spiro atoms. The number of hydrogen-bond acceptors (Lipinski definition) is 4. The number of hydrogen-bond donors (Lipinski definition) is 2. The van der Waals surface area contributed by atoms with Crippen molar-refractivity contribution in [2.45, 2.75) is 6.10 Å². The lowest BCUT2D eigenvalue weighted by atomic mass is 10.2. The summed E-state index contributed by atoms with van der Waals surface area (Å²) >= 11 is 0. The van der Waals surface area contributed by atoms with Crippen molar-refractivity contribution >= 4 is 5.91 Å². The van der Waals surface area contributed by atoms with Crippen LogP contribution in [0.5, 0.6) is 0 Å². The Balaban J connectivity index is 1.60. The first-order valence-corrected chi connectivity index (χ1v) is 6.84. The molecule has 3 rings (SSSR count). The van der Waals surface area contributed by atoms with E-state index in [1.807, 2.05) is 24.4 Å². The first-order valence-electron chi connectivity index (χ1n) is 6.84. The molecule has 0 fully saturated rings. The van der Waals surface area contributed by atoms with Gasteiger partial charge in [0.1, 0.15) is 11.9 Å². The van der Waals surface area contributed by atoms with E-state index in [-0.39, 0.29) is 12.5 Å². The molecule has 0 aliphatic rings. The fourth-order valence-electron chi connectivity index (χ4n) is 2.06. The number of furan rings is 1. The zero-order valence-electron chi connectivity index (χ0n) is 11.7. The minimum atomic E-state index is -0.859. The standard InChI is InChI=1S/C16H15N3O3/c20-14(15-3-1-10-22-15)11-17-16(21)12-4-6-13(7-5-12)19-9-2-8-18-19/h1-10,14,20H,11H2,(H,17,21). The van der Waals surface area contributed by atoms with Crippen molar-refractivity contribution in [3.8, 4) is 5.69 Å². The Hall–Kier alpha value is -2.86. The number of carbonyl (C=O) groups is 1. The van der Waals surface area contributed by atoms with Crippen LogP contribution in [0.4, 0.5) is 0 Å². The van der Waals surface area contributed by atoms with E-state index < -0.39 is 6.10 Å². The van der Waals surface area contributed by atoms with Crippen LogP contribution in [0, 0.1) is 0 Å². The summed E-state index contributed by atoms with van der Waals surface area (Å²) in [6, 6.07) is 12.2. The van der Waals surface area contributed by atoms with Crippen LogP contribution in [-0.2, 0) is 0 Å². The van der Waals surface area contributed by atoms with Gasteiger partial charge in [-0.05, 0) is 42.5 Å². The van der Waals surface area contributed by atoms with E-state index in [4.69, 9.17) is 4.42 Å². The van der Waals surface area contributed by atoms with E-state index >= 15 is 0 Å². The third-order valence-corrected chi connectivity index (χ3v) is 3.23. The molecule has 0 radical (unpaired) electrons. The molecule has 0 saturated heterocycles. The molecular formula is C16H15N3O3.